The van der Waals surface area contributed by atoms with Crippen LogP contribution in [0.1, 0.15) is 31.7 Å². The minimum atomic E-state index is -0.352. The minimum Gasteiger partial charge on any atom is -0.336 e. The van der Waals surface area contributed by atoms with Gasteiger partial charge in [-0.05, 0) is 25.0 Å². The molecular formula is C18H20N4O3S. The molecule has 7 nitrogen and oxygen atoms in total. The molecule has 4 rings (SSSR count). The van der Waals surface area contributed by atoms with Gasteiger partial charge in [0.15, 0.2) is 5.16 Å². The molecule has 0 spiro atoms. The maximum Gasteiger partial charge on any atom is 0.324 e. The quantitative estimate of drug-likeness (QED) is 0.657. The summed E-state index contributed by atoms with van der Waals surface area (Å²) in [5.41, 5.74) is 0.594. The first-order valence-electron chi connectivity index (χ1n) is 8.87. The number of carbonyl (C=O) groups excluding carboxylic acids is 2. The zero-order valence-corrected chi connectivity index (χ0v) is 15.1. The van der Waals surface area contributed by atoms with E-state index in [1.807, 2.05) is 18.2 Å². The second kappa shape index (κ2) is 7.11. The highest BCUT2D eigenvalue weighted by Gasteiger charge is 2.27. The van der Waals surface area contributed by atoms with Crippen LogP contribution in [0.2, 0.25) is 0 Å². The Kier molecular flexibility index (Phi) is 4.67. The van der Waals surface area contributed by atoms with Crippen LogP contribution in [0.3, 0.4) is 0 Å². The molecule has 0 bridgehead atoms. The predicted octanol–water partition coefficient (Wildman–Crippen LogP) is 2.16. The molecule has 2 heterocycles. The van der Waals surface area contributed by atoms with E-state index in [4.69, 9.17) is 0 Å². The number of nitrogens with one attached hydrogen (secondary N) is 1. The number of para-hydroxylation sites is 1. The van der Waals surface area contributed by atoms with Gasteiger partial charge in [-0.25, -0.2) is 9.78 Å². The summed E-state index contributed by atoms with van der Waals surface area (Å²) < 4.78 is 1.76. The number of urea groups is 1. The lowest BCUT2D eigenvalue weighted by molar-refractivity contribution is -0.124. The van der Waals surface area contributed by atoms with Crippen molar-refractivity contribution in [1.82, 2.24) is 19.8 Å². The van der Waals surface area contributed by atoms with Gasteiger partial charge in [-0.3, -0.25) is 19.1 Å². The topological polar surface area (TPSA) is 84.3 Å². The lowest BCUT2D eigenvalue weighted by Gasteiger charge is -2.19. The summed E-state index contributed by atoms with van der Waals surface area (Å²) in [4.78, 5) is 42.9. The molecule has 136 valence electrons. The first kappa shape index (κ1) is 17.1. The number of hydrogen-bond acceptors (Lipinski definition) is 5. The van der Waals surface area contributed by atoms with Crippen molar-refractivity contribution in [3.05, 3.63) is 34.6 Å². The van der Waals surface area contributed by atoms with Gasteiger partial charge in [-0.2, -0.15) is 0 Å². The Morgan fingerprint density at radius 1 is 1.23 bits per heavy atom. The van der Waals surface area contributed by atoms with E-state index < -0.39 is 0 Å². The monoisotopic (exact) mass is 372 g/mol. The number of imide groups is 1. The van der Waals surface area contributed by atoms with Crippen molar-refractivity contribution in [3.8, 4) is 0 Å². The fraction of sp³-hybridized carbons (Fsp3) is 0.444. The van der Waals surface area contributed by atoms with Crippen molar-refractivity contribution in [2.45, 2.75) is 36.9 Å². The smallest absolute Gasteiger partial charge is 0.324 e. The Hall–Kier alpha value is -2.35. The van der Waals surface area contributed by atoms with Crippen molar-refractivity contribution in [2.24, 2.45) is 0 Å². The van der Waals surface area contributed by atoms with Crippen LogP contribution < -0.4 is 10.9 Å². The van der Waals surface area contributed by atoms with Gasteiger partial charge in [0.25, 0.3) is 5.56 Å². The maximum absolute atomic E-state index is 13.0. The molecule has 1 saturated carbocycles. The van der Waals surface area contributed by atoms with E-state index >= 15 is 0 Å². The highest BCUT2D eigenvalue weighted by Crippen LogP contribution is 2.32. The molecule has 3 amide bonds. The average Bonchev–Trinajstić information content (AvgIpc) is 3.31. The molecule has 8 heteroatoms. The third kappa shape index (κ3) is 3.09. The molecule has 1 aliphatic heterocycles. The third-order valence-corrected chi connectivity index (χ3v) is 5.89. The second-order valence-corrected chi connectivity index (χ2v) is 7.53. The summed E-state index contributed by atoms with van der Waals surface area (Å²) in [6.45, 7) is 0.870. The normalized spacial score (nSPS) is 17.8. The summed E-state index contributed by atoms with van der Waals surface area (Å²) in [5, 5.41) is 3.79. The second-order valence-electron chi connectivity index (χ2n) is 6.59. The number of thioether (sulfide) groups is 1. The van der Waals surface area contributed by atoms with Crippen molar-refractivity contribution < 1.29 is 9.59 Å². The Labute approximate surface area is 154 Å². The number of hydrogen-bond donors (Lipinski definition) is 1. The van der Waals surface area contributed by atoms with Crippen molar-refractivity contribution in [1.29, 1.82) is 0 Å². The zero-order valence-electron chi connectivity index (χ0n) is 14.3. The van der Waals surface area contributed by atoms with E-state index in [-0.39, 0.29) is 29.3 Å². The van der Waals surface area contributed by atoms with Crippen LogP contribution >= 0.6 is 11.8 Å². The van der Waals surface area contributed by atoms with Crippen molar-refractivity contribution in [3.63, 3.8) is 0 Å². The predicted molar refractivity (Wildman–Crippen MR) is 99.3 cm³/mol. The first-order valence-corrected chi connectivity index (χ1v) is 9.86. The number of carbonyl (C=O) groups is 2. The maximum atomic E-state index is 13.0. The van der Waals surface area contributed by atoms with Gasteiger partial charge in [-0.15, -0.1) is 0 Å². The number of fused-ring (bicyclic) bond motifs is 1. The van der Waals surface area contributed by atoms with Crippen LogP contribution in [0.25, 0.3) is 10.9 Å². The Balaban J connectivity index is 1.66. The molecule has 1 aliphatic carbocycles. The molecule has 1 N–H and O–H groups in total. The molecule has 0 unspecified atom stereocenters. The van der Waals surface area contributed by atoms with Crippen LogP contribution in [-0.4, -0.2) is 45.2 Å². The Morgan fingerprint density at radius 3 is 2.73 bits per heavy atom. The minimum absolute atomic E-state index is 0.0450. The SMILES string of the molecule is O=C(CSc1nc2ccccc2c(=O)n1C1CCCC1)N1CCNC1=O. The highest BCUT2D eigenvalue weighted by molar-refractivity contribution is 7.99. The molecule has 1 saturated heterocycles. The third-order valence-electron chi connectivity index (χ3n) is 4.95. The molecule has 2 aromatic rings. The number of amides is 3. The van der Waals surface area contributed by atoms with Gasteiger partial charge in [0.2, 0.25) is 5.91 Å². The fourth-order valence-electron chi connectivity index (χ4n) is 3.63. The van der Waals surface area contributed by atoms with E-state index in [1.165, 1.54) is 16.7 Å². The van der Waals surface area contributed by atoms with E-state index in [9.17, 15) is 14.4 Å². The van der Waals surface area contributed by atoms with Gasteiger partial charge in [0, 0.05) is 19.1 Å². The first-order chi connectivity index (χ1) is 12.6. The van der Waals surface area contributed by atoms with Crippen molar-refractivity contribution >= 4 is 34.6 Å². The lowest BCUT2D eigenvalue weighted by Crippen LogP contribution is -2.35. The average molecular weight is 372 g/mol. The molecule has 1 aromatic heterocycles. The summed E-state index contributed by atoms with van der Waals surface area (Å²) in [6, 6.07) is 7.08. The van der Waals surface area contributed by atoms with Gasteiger partial charge < -0.3 is 5.32 Å². The summed E-state index contributed by atoms with van der Waals surface area (Å²) in [6.07, 6.45) is 4.10. The summed E-state index contributed by atoms with van der Waals surface area (Å²) in [7, 11) is 0. The highest BCUT2D eigenvalue weighted by atomic mass is 32.2. The zero-order chi connectivity index (χ0) is 18.1. The van der Waals surface area contributed by atoms with Crippen LogP contribution in [-0.2, 0) is 4.79 Å². The number of aromatic nitrogens is 2. The molecular weight excluding hydrogens is 352 g/mol. The van der Waals surface area contributed by atoms with Crippen LogP contribution in [0.4, 0.5) is 4.79 Å². The van der Waals surface area contributed by atoms with Gasteiger partial charge in [0.1, 0.15) is 0 Å². The standard InChI is InChI=1S/C18H20N4O3S/c23-15(21-10-9-19-17(21)25)11-26-18-20-14-8-4-3-7-13(14)16(24)22(18)12-5-1-2-6-12/h3-4,7-8,12H,1-2,5-6,9-11H2,(H,19,25). The fourth-order valence-corrected chi connectivity index (χ4v) is 4.57. The van der Waals surface area contributed by atoms with E-state index in [2.05, 4.69) is 10.3 Å². The largest absolute Gasteiger partial charge is 0.336 e. The molecule has 0 radical (unpaired) electrons. The number of benzene rings is 1. The molecule has 26 heavy (non-hydrogen) atoms. The van der Waals surface area contributed by atoms with Crippen LogP contribution in [0.5, 0.6) is 0 Å². The van der Waals surface area contributed by atoms with Crippen LogP contribution in [0.15, 0.2) is 34.2 Å². The van der Waals surface area contributed by atoms with Crippen LogP contribution in [0, 0.1) is 0 Å². The van der Waals surface area contributed by atoms with Gasteiger partial charge >= 0.3 is 6.03 Å². The Morgan fingerprint density at radius 2 is 2.00 bits per heavy atom. The van der Waals surface area contributed by atoms with E-state index in [0.717, 1.165) is 25.7 Å². The van der Waals surface area contributed by atoms with E-state index in [0.29, 0.717) is 29.1 Å². The lowest BCUT2D eigenvalue weighted by atomic mass is 10.2. The number of nitrogens with zero attached hydrogens (tertiary/aromatic N) is 3. The number of rotatable bonds is 4. The van der Waals surface area contributed by atoms with Gasteiger partial charge in [-0.1, -0.05) is 36.7 Å². The molecule has 1 aromatic carbocycles. The molecule has 2 fully saturated rings. The molecule has 2 aliphatic rings. The summed E-state index contributed by atoms with van der Waals surface area (Å²) >= 11 is 1.24. The molecule has 0 atom stereocenters. The Bertz CT molecular complexity index is 920. The van der Waals surface area contributed by atoms with Gasteiger partial charge in [0.05, 0.1) is 16.7 Å². The van der Waals surface area contributed by atoms with Crippen molar-refractivity contribution in [2.75, 3.05) is 18.8 Å². The summed E-state index contributed by atoms with van der Waals surface area (Å²) in [5.74, 6) is -0.171. The van der Waals surface area contributed by atoms with E-state index in [1.54, 1.807) is 10.6 Å².